The van der Waals surface area contributed by atoms with Crippen molar-refractivity contribution in [3.05, 3.63) is 67.4 Å². The summed E-state index contributed by atoms with van der Waals surface area (Å²) in [7, 11) is 0. The van der Waals surface area contributed by atoms with E-state index in [0.717, 1.165) is 37.3 Å². The zero-order valence-electron chi connectivity index (χ0n) is 22.4. The molecule has 2 aliphatic heterocycles. The van der Waals surface area contributed by atoms with Gasteiger partial charge in [-0.3, -0.25) is 19.4 Å². The average Bonchev–Trinajstić information content (AvgIpc) is 2.88. The number of nitrogens with one attached hydrogen (secondary N) is 2. The molecular weight excluding hydrogens is 542 g/mol. The Balaban J connectivity index is 1.28. The molecule has 2 N–H and O–H groups in total. The van der Waals surface area contributed by atoms with Gasteiger partial charge in [-0.05, 0) is 62.6 Å². The molecule has 0 radical (unpaired) electrons. The first-order chi connectivity index (χ1) is 18.6. The molecule has 208 valence electrons. The van der Waals surface area contributed by atoms with Gasteiger partial charge < -0.3 is 15.2 Å². The van der Waals surface area contributed by atoms with Gasteiger partial charge in [0.2, 0.25) is 5.91 Å². The van der Waals surface area contributed by atoms with Crippen LogP contribution in [0.3, 0.4) is 0 Å². The fourth-order valence-corrected chi connectivity index (χ4v) is 6.28. The van der Waals surface area contributed by atoms with E-state index in [9.17, 15) is 14.0 Å². The first kappa shape index (κ1) is 27.8. The van der Waals surface area contributed by atoms with Crippen LogP contribution in [-0.4, -0.2) is 75.9 Å². The molecule has 1 amide bonds. The second kappa shape index (κ2) is 11.4. The van der Waals surface area contributed by atoms with Crippen molar-refractivity contribution < 1.29 is 9.18 Å². The van der Waals surface area contributed by atoms with Crippen LogP contribution < -0.4 is 10.9 Å². The van der Waals surface area contributed by atoms with E-state index < -0.39 is 5.82 Å². The number of benzene rings is 2. The number of rotatable bonds is 6. The largest absolute Gasteiger partial charge is 0.374 e. The second-order valence-corrected chi connectivity index (χ2v) is 11.4. The van der Waals surface area contributed by atoms with Gasteiger partial charge in [-0.1, -0.05) is 23.2 Å². The molecule has 0 spiro atoms. The lowest BCUT2D eigenvalue weighted by atomic mass is 9.93. The SMILES string of the molecule is CC(C)N1CCN(Cc2nc3cc(NCC(=O)N4CCc5cc(Cl)cc(Cl)c5C4C)c(F)cc3c(=O)[nH]2)CC1. The van der Waals surface area contributed by atoms with E-state index in [0.29, 0.717) is 46.9 Å². The maximum absolute atomic E-state index is 14.9. The van der Waals surface area contributed by atoms with Gasteiger partial charge in [0.05, 0.1) is 35.7 Å². The molecule has 11 heteroatoms. The van der Waals surface area contributed by atoms with Crippen LogP contribution in [0.1, 0.15) is 43.8 Å². The number of halogens is 3. The Morgan fingerprint density at radius 3 is 2.62 bits per heavy atom. The lowest BCUT2D eigenvalue weighted by Gasteiger charge is -2.36. The third kappa shape index (κ3) is 5.91. The number of hydrogen-bond acceptors (Lipinski definition) is 6. The molecule has 0 bridgehead atoms. The van der Waals surface area contributed by atoms with Crippen LogP contribution in [0.2, 0.25) is 10.0 Å². The maximum Gasteiger partial charge on any atom is 0.258 e. The highest BCUT2D eigenvalue weighted by Gasteiger charge is 2.29. The van der Waals surface area contributed by atoms with Crippen molar-refractivity contribution in [3.8, 4) is 0 Å². The molecule has 2 aliphatic rings. The topological polar surface area (TPSA) is 84.6 Å². The number of H-pyrrole nitrogens is 1. The fourth-order valence-electron chi connectivity index (χ4n) is 5.58. The van der Waals surface area contributed by atoms with E-state index in [1.165, 1.54) is 12.1 Å². The Kier molecular flexibility index (Phi) is 8.14. The van der Waals surface area contributed by atoms with Crippen molar-refractivity contribution in [2.75, 3.05) is 44.6 Å². The summed E-state index contributed by atoms with van der Waals surface area (Å²) < 4.78 is 14.9. The van der Waals surface area contributed by atoms with Crippen molar-refractivity contribution in [2.45, 2.75) is 45.8 Å². The number of nitrogens with zero attached hydrogens (tertiary/aromatic N) is 4. The molecule has 1 aromatic heterocycles. The smallest absolute Gasteiger partial charge is 0.258 e. The molecule has 3 aromatic rings. The Morgan fingerprint density at radius 1 is 1.15 bits per heavy atom. The minimum atomic E-state index is -0.616. The average molecular weight is 576 g/mol. The van der Waals surface area contributed by atoms with Gasteiger partial charge >= 0.3 is 0 Å². The summed E-state index contributed by atoms with van der Waals surface area (Å²) in [6.45, 7) is 10.9. The minimum Gasteiger partial charge on any atom is -0.374 e. The molecule has 1 fully saturated rings. The summed E-state index contributed by atoms with van der Waals surface area (Å²) in [5.41, 5.74) is 2.05. The molecule has 0 aliphatic carbocycles. The number of carbonyl (C=O) groups is 1. The summed E-state index contributed by atoms with van der Waals surface area (Å²) in [6, 6.07) is 6.51. The summed E-state index contributed by atoms with van der Waals surface area (Å²) >= 11 is 12.6. The summed E-state index contributed by atoms with van der Waals surface area (Å²) in [6.07, 6.45) is 0.637. The van der Waals surface area contributed by atoms with Crippen molar-refractivity contribution >= 4 is 45.7 Å². The minimum absolute atomic E-state index is 0.108. The van der Waals surface area contributed by atoms with E-state index in [4.69, 9.17) is 23.2 Å². The van der Waals surface area contributed by atoms with Gasteiger partial charge in [0.25, 0.3) is 5.56 Å². The van der Waals surface area contributed by atoms with Crippen LogP contribution in [0.15, 0.2) is 29.1 Å². The van der Waals surface area contributed by atoms with Crippen molar-refractivity contribution in [1.82, 2.24) is 24.7 Å². The number of fused-ring (bicyclic) bond motifs is 2. The fraction of sp³-hybridized carbons (Fsp3) is 0.464. The first-order valence-corrected chi connectivity index (χ1v) is 14.1. The predicted molar refractivity (Wildman–Crippen MR) is 153 cm³/mol. The lowest BCUT2D eigenvalue weighted by molar-refractivity contribution is -0.131. The van der Waals surface area contributed by atoms with Gasteiger partial charge in [0, 0.05) is 48.8 Å². The van der Waals surface area contributed by atoms with Crippen LogP contribution in [0.5, 0.6) is 0 Å². The highest BCUT2D eigenvalue weighted by Crippen LogP contribution is 2.37. The highest BCUT2D eigenvalue weighted by atomic mass is 35.5. The van der Waals surface area contributed by atoms with E-state index in [-0.39, 0.29) is 35.1 Å². The Morgan fingerprint density at radius 2 is 1.90 bits per heavy atom. The van der Waals surface area contributed by atoms with Gasteiger partial charge in [-0.2, -0.15) is 0 Å². The second-order valence-electron chi connectivity index (χ2n) is 10.6. The van der Waals surface area contributed by atoms with Crippen molar-refractivity contribution in [1.29, 1.82) is 0 Å². The van der Waals surface area contributed by atoms with E-state index >= 15 is 0 Å². The van der Waals surface area contributed by atoms with Gasteiger partial charge in [0.15, 0.2) is 0 Å². The standard InChI is InChI=1S/C28H33Cl2FN6O2/c1-16(2)36-8-6-35(7-9-36)15-25-33-23-13-24(22(31)12-20(23)28(39)34-25)32-14-26(38)37-5-4-18-10-19(29)11-21(30)27(18)17(37)3/h10-13,16-17,32H,4-9,14-15H2,1-3H3,(H,33,34,39). The third-order valence-electron chi connectivity index (χ3n) is 7.79. The quantitative estimate of drug-likeness (QED) is 0.452. The number of hydrogen-bond donors (Lipinski definition) is 2. The Bertz CT molecular complexity index is 1450. The predicted octanol–water partition coefficient (Wildman–Crippen LogP) is 4.45. The first-order valence-electron chi connectivity index (χ1n) is 13.3. The van der Waals surface area contributed by atoms with Crippen LogP contribution in [0, 0.1) is 5.82 Å². The zero-order chi connectivity index (χ0) is 27.8. The lowest BCUT2D eigenvalue weighted by Crippen LogP contribution is -2.48. The molecule has 2 aromatic carbocycles. The molecule has 1 unspecified atom stereocenters. The molecule has 39 heavy (non-hydrogen) atoms. The van der Waals surface area contributed by atoms with Gasteiger partial charge in [0.1, 0.15) is 11.6 Å². The molecule has 1 atom stereocenters. The monoisotopic (exact) mass is 574 g/mol. The molecule has 5 rings (SSSR count). The normalized spacial score (nSPS) is 18.5. The van der Waals surface area contributed by atoms with Crippen LogP contribution in [0.4, 0.5) is 10.1 Å². The summed E-state index contributed by atoms with van der Waals surface area (Å²) in [5, 5.41) is 4.20. The number of carbonyl (C=O) groups excluding carboxylic acids is 1. The molecule has 8 nitrogen and oxygen atoms in total. The van der Waals surface area contributed by atoms with Gasteiger partial charge in [-0.15, -0.1) is 0 Å². The number of aromatic amines is 1. The van der Waals surface area contributed by atoms with Crippen molar-refractivity contribution in [3.63, 3.8) is 0 Å². The number of amides is 1. The van der Waals surface area contributed by atoms with Crippen LogP contribution >= 0.6 is 23.2 Å². The zero-order valence-corrected chi connectivity index (χ0v) is 23.9. The molecule has 3 heterocycles. The van der Waals surface area contributed by atoms with E-state index in [2.05, 4.69) is 38.9 Å². The highest BCUT2D eigenvalue weighted by molar-refractivity contribution is 6.35. The number of aromatic nitrogens is 2. The number of anilines is 1. The summed E-state index contributed by atoms with van der Waals surface area (Å²) in [4.78, 5) is 39.7. The van der Waals surface area contributed by atoms with E-state index in [1.807, 2.05) is 13.0 Å². The van der Waals surface area contributed by atoms with E-state index in [1.54, 1.807) is 11.0 Å². The van der Waals surface area contributed by atoms with Crippen LogP contribution in [-0.2, 0) is 17.8 Å². The van der Waals surface area contributed by atoms with Gasteiger partial charge in [-0.25, -0.2) is 9.37 Å². The molecule has 1 saturated heterocycles. The summed E-state index contributed by atoms with van der Waals surface area (Å²) in [5.74, 6) is -0.259. The Labute approximate surface area is 237 Å². The molecular formula is C28H33Cl2FN6O2. The molecule has 0 saturated carbocycles. The Hall–Kier alpha value is -2.72. The van der Waals surface area contributed by atoms with Crippen LogP contribution in [0.25, 0.3) is 10.9 Å². The third-order valence-corrected chi connectivity index (χ3v) is 8.32. The maximum atomic E-state index is 14.9. The van der Waals surface area contributed by atoms with Crippen molar-refractivity contribution in [2.24, 2.45) is 0 Å². The number of piperazine rings is 1.